The van der Waals surface area contributed by atoms with Crippen LogP contribution < -0.4 is 14.4 Å². The Kier molecular flexibility index (Phi) is 8.19. The van der Waals surface area contributed by atoms with Gasteiger partial charge in [0.15, 0.2) is 0 Å². The average molecular weight is 539 g/mol. The second kappa shape index (κ2) is 11.2. The minimum absolute atomic E-state index is 0.145. The lowest BCUT2D eigenvalue weighted by Gasteiger charge is -2.41. The molecular formula is C29H34N2O4S2. The number of hydrogen-bond donors (Lipinski definition) is 1. The second-order valence-corrected chi connectivity index (χ2v) is 12.1. The van der Waals surface area contributed by atoms with Gasteiger partial charge in [-0.1, -0.05) is 49.7 Å². The Hall–Kier alpha value is -2.97. The first-order valence-electron chi connectivity index (χ1n) is 12.5. The summed E-state index contributed by atoms with van der Waals surface area (Å²) in [4.78, 5) is 14.6. The Morgan fingerprint density at radius 1 is 1.03 bits per heavy atom. The van der Waals surface area contributed by atoms with Crippen LogP contribution in [0.3, 0.4) is 0 Å². The maximum Gasteiger partial charge on any atom is 0.264 e. The summed E-state index contributed by atoms with van der Waals surface area (Å²) in [6, 6.07) is 21.3. The average Bonchev–Trinajstić information content (AvgIpc) is 2.92. The minimum atomic E-state index is -3.98. The Morgan fingerprint density at radius 3 is 2.30 bits per heavy atom. The first kappa shape index (κ1) is 27.1. The lowest BCUT2D eigenvalue weighted by molar-refractivity contribution is -0.121. The van der Waals surface area contributed by atoms with Crippen molar-refractivity contribution in [2.24, 2.45) is 0 Å². The predicted molar refractivity (Wildman–Crippen MR) is 150 cm³/mol. The molecule has 0 aliphatic carbocycles. The number of carbonyl (C=O) groups is 1. The highest BCUT2D eigenvalue weighted by atomic mass is 32.2. The summed E-state index contributed by atoms with van der Waals surface area (Å²) in [5.41, 5.74) is 1.97. The van der Waals surface area contributed by atoms with Gasteiger partial charge in [0.25, 0.3) is 10.0 Å². The van der Waals surface area contributed by atoms with E-state index in [1.54, 1.807) is 36.4 Å². The Balaban J connectivity index is 1.64. The fourth-order valence-corrected chi connectivity index (χ4v) is 6.53. The second-order valence-electron chi connectivity index (χ2n) is 9.38. The molecule has 3 aromatic rings. The number of benzene rings is 3. The molecule has 3 aromatic carbocycles. The molecule has 1 aliphatic heterocycles. The zero-order valence-corrected chi connectivity index (χ0v) is 23.4. The predicted octanol–water partition coefficient (Wildman–Crippen LogP) is 6.11. The molecule has 1 aliphatic rings. The fraction of sp³-hybridized carbons (Fsp3) is 0.345. The number of nitrogens with zero attached hydrogens (tertiary/aromatic N) is 1. The number of ether oxygens (including phenoxy) is 1. The molecule has 1 N–H and O–H groups in total. The lowest BCUT2D eigenvalue weighted by Crippen LogP contribution is -2.47. The number of aryl methyl sites for hydroxylation is 1. The van der Waals surface area contributed by atoms with Crippen LogP contribution in [-0.2, 0) is 14.8 Å². The zero-order valence-electron chi connectivity index (χ0n) is 21.7. The third-order valence-electron chi connectivity index (χ3n) is 7.08. The Labute approximate surface area is 224 Å². The molecule has 1 amide bonds. The number of amides is 1. The largest absolute Gasteiger partial charge is 0.487 e. The topological polar surface area (TPSA) is 75.7 Å². The molecule has 0 saturated carbocycles. The molecule has 0 aromatic heterocycles. The lowest BCUT2D eigenvalue weighted by atomic mass is 9.83. The minimum Gasteiger partial charge on any atom is -0.487 e. The number of nitrogens with one attached hydrogen (secondary N) is 1. The standard InChI is InChI=1S/C29H34N2O4S2/c1-5-29(6-2)19-26(25-9-7-8-10-27(25)35-29)30-28(32)20-31(22-13-11-21(3)12-14-22)37(33,34)24-17-15-23(36-4)16-18-24/h7-18,26H,5-6,19-20H2,1-4H3,(H,30,32)/t26-/m1/s1. The number of rotatable bonds is 9. The molecular weight excluding hydrogens is 504 g/mol. The van der Waals surface area contributed by atoms with E-state index in [2.05, 4.69) is 19.2 Å². The van der Waals surface area contributed by atoms with E-state index in [-0.39, 0.29) is 29.0 Å². The fourth-order valence-electron chi connectivity index (χ4n) is 4.70. The van der Waals surface area contributed by atoms with Crippen molar-refractivity contribution in [1.82, 2.24) is 5.32 Å². The van der Waals surface area contributed by atoms with Crippen molar-refractivity contribution < 1.29 is 17.9 Å². The van der Waals surface area contributed by atoms with Crippen molar-refractivity contribution in [2.75, 3.05) is 17.1 Å². The van der Waals surface area contributed by atoms with Gasteiger partial charge in [0.2, 0.25) is 5.91 Å². The van der Waals surface area contributed by atoms with Crippen molar-refractivity contribution in [3.63, 3.8) is 0 Å². The maximum atomic E-state index is 13.8. The van der Waals surface area contributed by atoms with Crippen LogP contribution in [0.25, 0.3) is 0 Å². The number of carbonyl (C=O) groups excluding carboxylic acids is 1. The number of para-hydroxylation sites is 1. The van der Waals surface area contributed by atoms with E-state index in [4.69, 9.17) is 4.74 Å². The molecule has 4 rings (SSSR count). The number of anilines is 1. The van der Waals surface area contributed by atoms with Gasteiger partial charge in [-0.3, -0.25) is 9.10 Å². The highest BCUT2D eigenvalue weighted by Gasteiger charge is 2.39. The van der Waals surface area contributed by atoms with Crippen LogP contribution in [0.15, 0.2) is 82.6 Å². The van der Waals surface area contributed by atoms with Gasteiger partial charge in [-0.25, -0.2) is 8.42 Å². The van der Waals surface area contributed by atoms with Crippen LogP contribution in [0.2, 0.25) is 0 Å². The van der Waals surface area contributed by atoms with E-state index in [0.717, 1.165) is 34.6 Å². The van der Waals surface area contributed by atoms with Crippen LogP contribution in [0.5, 0.6) is 5.75 Å². The molecule has 6 nitrogen and oxygen atoms in total. The van der Waals surface area contributed by atoms with Gasteiger partial charge in [-0.15, -0.1) is 11.8 Å². The summed E-state index contributed by atoms with van der Waals surface area (Å²) in [6.45, 7) is 5.78. The third-order valence-corrected chi connectivity index (χ3v) is 9.61. The van der Waals surface area contributed by atoms with Crippen molar-refractivity contribution in [3.8, 4) is 5.75 Å². The van der Waals surface area contributed by atoms with E-state index in [1.807, 2.05) is 49.6 Å². The molecule has 0 radical (unpaired) electrons. The van der Waals surface area contributed by atoms with Crippen LogP contribution >= 0.6 is 11.8 Å². The molecule has 0 saturated heterocycles. The van der Waals surface area contributed by atoms with Gasteiger partial charge in [0, 0.05) is 16.9 Å². The highest BCUT2D eigenvalue weighted by Crippen LogP contribution is 2.42. The number of hydrogen-bond acceptors (Lipinski definition) is 5. The third kappa shape index (κ3) is 5.80. The number of sulfonamides is 1. The zero-order chi connectivity index (χ0) is 26.6. The molecule has 0 fully saturated rings. The van der Waals surface area contributed by atoms with Gasteiger partial charge in [-0.05, 0) is 68.5 Å². The number of fused-ring (bicyclic) bond motifs is 1. The summed E-state index contributed by atoms with van der Waals surface area (Å²) < 4.78 is 35.1. The smallest absolute Gasteiger partial charge is 0.264 e. The first-order chi connectivity index (χ1) is 17.7. The van der Waals surface area contributed by atoms with Crippen molar-refractivity contribution in [3.05, 3.63) is 83.9 Å². The summed E-state index contributed by atoms with van der Waals surface area (Å²) in [5, 5.41) is 3.12. The molecule has 196 valence electrons. The van der Waals surface area contributed by atoms with E-state index < -0.39 is 10.0 Å². The molecule has 1 atom stereocenters. The Bertz CT molecular complexity index is 1340. The normalized spacial score (nSPS) is 16.4. The van der Waals surface area contributed by atoms with Crippen molar-refractivity contribution in [1.29, 1.82) is 0 Å². The summed E-state index contributed by atoms with van der Waals surface area (Å²) >= 11 is 1.54. The van der Waals surface area contributed by atoms with Crippen molar-refractivity contribution in [2.45, 2.75) is 61.5 Å². The van der Waals surface area contributed by atoms with Gasteiger partial charge < -0.3 is 10.1 Å². The van der Waals surface area contributed by atoms with E-state index in [1.165, 1.54) is 16.1 Å². The van der Waals surface area contributed by atoms with Crippen LogP contribution in [-0.4, -0.2) is 32.7 Å². The molecule has 0 spiro atoms. The number of thioether (sulfide) groups is 1. The summed E-state index contributed by atoms with van der Waals surface area (Å²) in [7, 11) is -3.98. The molecule has 8 heteroatoms. The van der Waals surface area contributed by atoms with Crippen molar-refractivity contribution >= 4 is 33.4 Å². The first-order valence-corrected chi connectivity index (χ1v) is 15.2. The van der Waals surface area contributed by atoms with Gasteiger partial charge in [-0.2, -0.15) is 0 Å². The van der Waals surface area contributed by atoms with Gasteiger partial charge >= 0.3 is 0 Å². The van der Waals surface area contributed by atoms with Crippen LogP contribution in [0.1, 0.15) is 50.3 Å². The molecule has 1 heterocycles. The van der Waals surface area contributed by atoms with E-state index in [0.29, 0.717) is 12.1 Å². The summed E-state index contributed by atoms with van der Waals surface area (Å²) in [5.74, 6) is 0.396. The van der Waals surface area contributed by atoms with Crippen LogP contribution in [0, 0.1) is 6.92 Å². The molecule has 0 bridgehead atoms. The maximum absolute atomic E-state index is 13.8. The van der Waals surface area contributed by atoms with Gasteiger partial charge in [0.1, 0.15) is 17.9 Å². The van der Waals surface area contributed by atoms with E-state index >= 15 is 0 Å². The highest BCUT2D eigenvalue weighted by molar-refractivity contribution is 7.98. The molecule has 37 heavy (non-hydrogen) atoms. The Morgan fingerprint density at radius 2 is 1.68 bits per heavy atom. The monoisotopic (exact) mass is 538 g/mol. The van der Waals surface area contributed by atoms with Crippen LogP contribution in [0.4, 0.5) is 5.69 Å². The molecule has 0 unspecified atom stereocenters. The van der Waals surface area contributed by atoms with Gasteiger partial charge in [0.05, 0.1) is 16.6 Å². The van der Waals surface area contributed by atoms with E-state index in [9.17, 15) is 13.2 Å². The SMILES string of the molecule is CCC1(CC)C[C@@H](NC(=O)CN(c2ccc(C)cc2)S(=O)(=O)c2ccc(SC)cc2)c2ccccc2O1. The summed E-state index contributed by atoms with van der Waals surface area (Å²) in [6.07, 6.45) is 4.17. The quantitative estimate of drug-likeness (QED) is 0.333.